The van der Waals surface area contributed by atoms with Crippen LogP contribution in [0.15, 0.2) is 16.6 Å². The van der Waals surface area contributed by atoms with Gasteiger partial charge in [0.05, 0.1) is 5.02 Å². The van der Waals surface area contributed by atoms with E-state index < -0.39 is 5.54 Å². The third kappa shape index (κ3) is 3.05. The van der Waals surface area contributed by atoms with Crippen molar-refractivity contribution in [1.82, 2.24) is 0 Å². The SMILES string of the molecule is CC(C)(C)C1CCC(N)(c2ccc(Br)c(Cl)c2F)CC1. The van der Waals surface area contributed by atoms with Crippen molar-refractivity contribution in [3.63, 3.8) is 0 Å². The maximum absolute atomic E-state index is 14.4. The molecule has 0 amide bonds. The molecule has 1 aromatic rings. The van der Waals surface area contributed by atoms with E-state index in [2.05, 4.69) is 36.7 Å². The van der Waals surface area contributed by atoms with E-state index in [-0.39, 0.29) is 16.3 Å². The van der Waals surface area contributed by atoms with Crippen molar-refractivity contribution in [1.29, 1.82) is 0 Å². The molecule has 1 aromatic carbocycles. The minimum absolute atomic E-state index is 0.130. The second-order valence-electron chi connectivity index (χ2n) is 7.02. The molecular formula is C16H22BrClFN. The van der Waals surface area contributed by atoms with Crippen LogP contribution in [0.4, 0.5) is 4.39 Å². The minimum atomic E-state index is -0.587. The second-order valence-corrected chi connectivity index (χ2v) is 8.25. The molecule has 2 rings (SSSR count). The molecule has 4 heteroatoms. The Morgan fingerprint density at radius 1 is 1.30 bits per heavy atom. The lowest BCUT2D eigenvalue weighted by Crippen LogP contribution is -2.43. The zero-order valence-electron chi connectivity index (χ0n) is 12.3. The summed E-state index contributed by atoms with van der Waals surface area (Å²) >= 11 is 9.23. The molecule has 1 fully saturated rings. The summed E-state index contributed by atoms with van der Waals surface area (Å²) in [5.41, 5.74) is 6.75. The molecular weight excluding hydrogens is 341 g/mol. The highest BCUT2D eigenvalue weighted by atomic mass is 79.9. The van der Waals surface area contributed by atoms with Crippen LogP contribution in [0.2, 0.25) is 5.02 Å². The van der Waals surface area contributed by atoms with Crippen molar-refractivity contribution in [2.75, 3.05) is 0 Å². The molecule has 1 aliphatic rings. The Labute approximate surface area is 134 Å². The van der Waals surface area contributed by atoms with Crippen LogP contribution in [-0.2, 0) is 5.54 Å². The van der Waals surface area contributed by atoms with Gasteiger partial charge in [-0.1, -0.05) is 38.4 Å². The Morgan fingerprint density at radius 2 is 1.85 bits per heavy atom. The number of hydrogen-bond donors (Lipinski definition) is 1. The van der Waals surface area contributed by atoms with Crippen LogP contribution in [0.5, 0.6) is 0 Å². The van der Waals surface area contributed by atoms with Crippen molar-refractivity contribution >= 4 is 27.5 Å². The third-order valence-corrected chi connectivity index (χ3v) is 5.93. The first-order chi connectivity index (χ1) is 9.15. The van der Waals surface area contributed by atoms with Gasteiger partial charge in [0.15, 0.2) is 0 Å². The van der Waals surface area contributed by atoms with Crippen molar-refractivity contribution < 1.29 is 4.39 Å². The molecule has 0 heterocycles. The van der Waals surface area contributed by atoms with E-state index in [0.29, 0.717) is 16.0 Å². The largest absolute Gasteiger partial charge is 0.321 e. The minimum Gasteiger partial charge on any atom is -0.321 e. The van der Waals surface area contributed by atoms with E-state index >= 15 is 0 Å². The molecule has 0 atom stereocenters. The van der Waals surface area contributed by atoms with Crippen molar-refractivity contribution in [3.8, 4) is 0 Å². The molecule has 112 valence electrons. The van der Waals surface area contributed by atoms with Gasteiger partial charge in [-0.05, 0) is 59.0 Å². The van der Waals surface area contributed by atoms with Gasteiger partial charge in [0.2, 0.25) is 0 Å². The summed E-state index contributed by atoms with van der Waals surface area (Å²) in [6.07, 6.45) is 3.69. The lowest BCUT2D eigenvalue weighted by molar-refractivity contribution is 0.132. The Morgan fingerprint density at radius 3 is 2.35 bits per heavy atom. The molecule has 0 spiro atoms. The highest BCUT2D eigenvalue weighted by molar-refractivity contribution is 9.10. The van der Waals surface area contributed by atoms with E-state index in [4.69, 9.17) is 17.3 Å². The van der Waals surface area contributed by atoms with Crippen LogP contribution in [-0.4, -0.2) is 0 Å². The van der Waals surface area contributed by atoms with Crippen LogP contribution in [0.25, 0.3) is 0 Å². The molecule has 0 aliphatic heterocycles. The topological polar surface area (TPSA) is 26.0 Å². The summed E-state index contributed by atoms with van der Waals surface area (Å²) in [6, 6.07) is 3.55. The molecule has 0 radical (unpaired) electrons. The number of hydrogen-bond acceptors (Lipinski definition) is 1. The van der Waals surface area contributed by atoms with Gasteiger partial charge in [-0.15, -0.1) is 0 Å². The van der Waals surface area contributed by atoms with Crippen molar-refractivity contribution in [3.05, 3.63) is 33.0 Å². The summed E-state index contributed by atoms with van der Waals surface area (Å²) in [7, 11) is 0. The van der Waals surface area contributed by atoms with Crippen LogP contribution in [0, 0.1) is 17.2 Å². The van der Waals surface area contributed by atoms with Gasteiger partial charge in [-0.3, -0.25) is 0 Å². The number of benzene rings is 1. The second kappa shape index (κ2) is 5.58. The van der Waals surface area contributed by atoms with Crippen LogP contribution in [0.3, 0.4) is 0 Å². The van der Waals surface area contributed by atoms with Crippen LogP contribution < -0.4 is 5.73 Å². The lowest BCUT2D eigenvalue weighted by atomic mass is 9.66. The Kier molecular flexibility index (Phi) is 4.54. The van der Waals surface area contributed by atoms with Gasteiger partial charge >= 0.3 is 0 Å². The highest BCUT2D eigenvalue weighted by Gasteiger charge is 2.39. The van der Waals surface area contributed by atoms with E-state index in [9.17, 15) is 4.39 Å². The van der Waals surface area contributed by atoms with Gasteiger partial charge in [0.25, 0.3) is 0 Å². The third-order valence-electron chi connectivity index (χ3n) is 4.67. The first kappa shape index (κ1) is 16.3. The maximum atomic E-state index is 14.4. The van der Waals surface area contributed by atoms with Crippen LogP contribution >= 0.6 is 27.5 Å². The van der Waals surface area contributed by atoms with E-state index in [1.807, 2.05) is 0 Å². The molecule has 1 nitrogen and oxygen atoms in total. The average molecular weight is 363 g/mol. The zero-order chi connectivity index (χ0) is 15.1. The molecule has 2 N–H and O–H groups in total. The number of nitrogens with two attached hydrogens (primary N) is 1. The fraction of sp³-hybridized carbons (Fsp3) is 0.625. The number of halogens is 3. The van der Waals surface area contributed by atoms with Gasteiger partial charge in [0.1, 0.15) is 5.82 Å². The molecule has 0 saturated heterocycles. The highest BCUT2D eigenvalue weighted by Crippen LogP contribution is 2.45. The Bertz CT molecular complexity index is 502. The van der Waals surface area contributed by atoms with Crippen LogP contribution in [0.1, 0.15) is 52.0 Å². The first-order valence-corrected chi connectivity index (χ1v) is 8.25. The van der Waals surface area contributed by atoms with Crippen molar-refractivity contribution in [2.45, 2.75) is 52.0 Å². The lowest BCUT2D eigenvalue weighted by Gasteiger charge is -2.42. The average Bonchev–Trinajstić information content (AvgIpc) is 2.35. The zero-order valence-corrected chi connectivity index (χ0v) is 14.6. The summed E-state index contributed by atoms with van der Waals surface area (Å²) in [5.74, 6) is 0.269. The summed E-state index contributed by atoms with van der Waals surface area (Å²) in [5, 5.41) is 0.130. The standard InChI is InChI=1S/C16H22BrClFN/c1-15(2,3)10-6-8-16(20,9-7-10)11-4-5-12(17)13(18)14(11)19/h4-5,10H,6-9,20H2,1-3H3. The van der Waals surface area contributed by atoms with Gasteiger partial charge < -0.3 is 5.73 Å². The Balaban J connectivity index is 2.25. The summed E-state index contributed by atoms with van der Waals surface area (Å²) in [4.78, 5) is 0. The molecule has 0 aromatic heterocycles. The molecule has 1 saturated carbocycles. The predicted octanol–water partition coefficient (Wildman–Crippen LogP) is 5.63. The fourth-order valence-electron chi connectivity index (χ4n) is 3.18. The molecule has 1 aliphatic carbocycles. The molecule has 0 unspecified atom stereocenters. The van der Waals surface area contributed by atoms with Gasteiger partial charge in [-0.25, -0.2) is 4.39 Å². The molecule has 20 heavy (non-hydrogen) atoms. The summed E-state index contributed by atoms with van der Waals surface area (Å²) in [6.45, 7) is 6.79. The number of rotatable bonds is 1. The van der Waals surface area contributed by atoms with E-state index in [1.54, 1.807) is 12.1 Å². The normalized spacial score (nSPS) is 27.6. The fourth-order valence-corrected chi connectivity index (χ4v) is 3.65. The van der Waals surface area contributed by atoms with E-state index in [1.165, 1.54) is 0 Å². The molecule has 0 bridgehead atoms. The summed E-state index contributed by atoms with van der Waals surface area (Å²) < 4.78 is 15.0. The first-order valence-electron chi connectivity index (χ1n) is 7.08. The Hall–Kier alpha value is -0.120. The van der Waals surface area contributed by atoms with Gasteiger partial charge in [0, 0.05) is 15.6 Å². The quantitative estimate of drug-likeness (QED) is 0.643. The van der Waals surface area contributed by atoms with Crippen molar-refractivity contribution in [2.24, 2.45) is 17.1 Å². The van der Waals surface area contributed by atoms with Gasteiger partial charge in [-0.2, -0.15) is 0 Å². The van der Waals surface area contributed by atoms with E-state index in [0.717, 1.165) is 25.7 Å². The monoisotopic (exact) mass is 361 g/mol. The predicted molar refractivity (Wildman–Crippen MR) is 86.4 cm³/mol. The smallest absolute Gasteiger partial charge is 0.147 e. The maximum Gasteiger partial charge on any atom is 0.147 e.